The van der Waals surface area contributed by atoms with Crippen molar-refractivity contribution in [2.24, 2.45) is 11.8 Å². The zero-order chi connectivity index (χ0) is 20.6. The summed E-state index contributed by atoms with van der Waals surface area (Å²) in [5.41, 5.74) is 2.08. The molecule has 0 N–H and O–H groups in total. The molecule has 2 saturated carbocycles. The molecule has 0 heterocycles. The Morgan fingerprint density at radius 1 is 0.733 bits per heavy atom. The quantitative estimate of drug-likeness (QED) is 0.469. The van der Waals surface area contributed by atoms with Crippen molar-refractivity contribution in [3.63, 3.8) is 0 Å². The summed E-state index contributed by atoms with van der Waals surface area (Å²) in [6, 6.07) is 29.3. The van der Waals surface area contributed by atoms with Gasteiger partial charge >= 0.3 is 0 Å². The van der Waals surface area contributed by atoms with Gasteiger partial charge in [0.2, 0.25) is 0 Å². The first-order valence-electron chi connectivity index (χ1n) is 11.1. The van der Waals surface area contributed by atoms with Crippen molar-refractivity contribution < 1.29 is 8.42 Å². The maximum Gasteiger partial charge on any atom is 0.189 e. The molecule has 3 aromatic rings. The van der Waals surface area contributed by atoms with E-state index in [-0.39, 0.29) is 11.8 Å². The van der Waals surface area contributed by atoms with E-state index in [2.05, 4.69) is 12.1 Å². The van der Waals surface area contributed by atoms with E-state index in [1.54, 1.807) is 12.1 Å². The van der Waals surface area contributed by atoms with Crippen LogP contribution in [0.25, 0.3) is 0 Å². The number of hydrogen-bond acceptors (Lipinski definition) is 2. The van der Waals surface area contributed by atoms with Gasteiger partial charge in [0, 0.05) is 5.92 Å². The van der Waals surface area contributed by atoms with Crippen molar-refractivity contribution in [3.8, 4) is 0 Å². The molecule has 0 bridgehead atoms. The second-order valence-electron chi connectivity index (χ2n) is 8.86. The van der Waals surface area contributed by atoms with Crippen LogP contribution in [0.1, 0.15) is 49.1 Å². The molecule has 3 atom stereocenters. The third-order valence-electron chi connectivity index (χ3n) is 7.25. The molecule has 30 heavy (non-hydrogen) atoms. The minimum absolute atomic E-state index is 0.00749. The van der Waals surface area contributed by atoms with Crippen LogP contribution in [-0.2, 0) is 14.6 Å². The van der Waals surface area contributed by atoms with Crippen LogP contribution in [-0.4, -0.2) is 8.42 Å². The first-order chi connectivity index (χ1) is 14.7. The molecule has 154 valence electrons. The summed E-state index contributed by atoms with van der Waals surface area (Å²) in [5.74, 6) is 0.736. The molecule has 0 unspecified atom stereocenters. The molecule has 5 rings (SSSR count). The Kier molecular flexibility index (Phi) is 5.02. The molecule has 0 radical (unpaired) electrons. The monoisotopic (exact) mass is 416 g/mol. The Balaban J connectivity index is 1.69. The molecule has 2 aliphatic carbocycles. The van der Waals surface area contributed by atoms with E-state index in [1.807, 2.05) is 66.7 Å². The lowest BCUT2D eigenvalue weighted by Gasteiger charge is -2.21. The first kappa shape index (κ1) is 19.6. The fourth-order valence-electron chi connectivity index (χ4n) is 5.90. The Bertz CT molecular complexity index is 1090. The van der Waals surface area contributed by atoms with E-state index >= 15 is 0 Å². The van der Waals surface area contributed by atoms with Crippen LogP contribution in [0.3, 0.4) is 0 Å². The van der Waals surface area contributed by atoms with E-state index in [1.165, 1.54) is 25.7 Å². The van der Waals surface area contributed by atoms with Gasteiger partial charge in [-0.1, -0.05) is 105 Å². The Morgan fingerprint density at radius 3 is 1.87 bits per heavy atom. The predicted molar refractivity (Wildman–Crippen MR) is 121 cm³/mol. The van der Waals surface area contributed by atoms with Crippen molar-refractivity contribution in [2.45, 2.75) is 47.7 Å². The summed E-state index contributed by atoms with van der Waals surface area (Å²) < 4.78 is 27.7. The molecule has 0 amide bonds. The Hall–Kier alpha value is -2.39. The minimum Gasteiger partial charge on any atom is -0.223 e. The van der Waals surface area contributed by atoms with Crippen molar-refractivity contribution in [2.75, 3.05) is 0 Å². The fourth-order valence-corrected chi connectivity index (χ4v) is 8.45. The van der Waals surface area contributed by atoms with E-state index in [0.717, 1.165) is 17.5 Å². The average molecular weight is 417 g/mol. The summed E-state index contributed by atoms with van der Waals surface area (Å²) >= 11 is 0. The highest BCUT2D eigenvalue weighted by Crippen LogP contribution is 2.72. The second-order valence-corrected chi connectivity index (χ2v) is 11.0. The van der Waals surface area contributed by atoms with Crippen LogP contribution in [0.5, 0.6) is 0 Å². The van der Waals surface area contributed by atoms with Gasteiger partial charge < -0.3 is 0 Å². The van der Waals surface area contributed by atoms with E-state index in [4.69, 9.17) is 0 Å². The molecule has 3 aromatic carbocycles. The van der Waals surface area contributed by atoms with Gasteiger partial charge in [-0.15, -0.1) is 0 Å². The van der Waals surface area contributed by atoms with Crippen molar-refractivity contribution in [3.05, 3.63) is 102 Å². The van der Waals surface area contributed by atoms with Crippen molar-refractivity contribution in [1.82, 2.24) is 0 Å². The Morgan fingerprint density at radius 2 is 1.27 bits per heavy atom. The van der Waals surface area contributed by atoms with Gasteiger partial charge in [-0.05, 0) is 41.5 Å². The Labute approximate surface area is 179 Å². The third kappa shape index (κ3) is 3.02. The van der Waals surface area contributed by atoms with Crippen LogP contribution in [0, 0.1) is 11.8 Å². The summed E-state index contributed by atoms with van der Waals surface area (Å²) in [6.45, 7) is 0. The maximum atomic E-state index is 14.3. The highest BCUT2D eigenvalue weighted by atomic mass is 32.2. The first-order valence-corrected chi connectivity index (χ1v) is 12.5. The van der Waals surface area contributed by atoms with Crippen LogP contribution in [0.4, 0.5) is 0 Å². The number of rotatable bonds is 6. The topological polar surface area (TPSA) is 34.1 Å². The van der Waals surface area contributed by atoms with Crippen LogP contribution < -0.4 is 0 Å². The lowest BCUT2D eigenvalue weighted by molar-refractivity contribution is 0.452. The lowest BCUT2D eigenvalue weighted by Crippen LogP contribution is -2.25. The van der Waals surface area contributed by atoms with Gasteiger partial charge in [0.05, 0.1) is 4.90 Å². The largest absolute Gasteiger partial charge is 0.223 e. The molecule has 0 spiro atoms. The summed E-state index contributed by atoms with van der Waals surface area (Å²) in [7, 11) is -3.57. The highest BCUT2D eigenvalue weighted by Gasteiger charge is 2.73. The van der Waals surface area contributed by atoms with Gasteiger partial charge in [0.25, 0.3) is 0 Å². The van der Waals surface area contributed by atoms with Crippen LogP contribution in [0.15, 0.2) is 95.9 Å². The van der Waals surface area contributed by atoms with Gasteiger partial charge in [-0.2, -0.15) is 0 Å². The normalized spacial score (nSPS) is 26.5. The smallest absolute Gasteiger partial charge is 0.189 e. The van der Waals surface area contributed by atoms with E-state index in [0.29, 0.717) is 10.8 Å². The van der Waals surface area contributed by atoms with Crippen LogP contribution >= 0.6 is 0 Å². The third-order valence-corrected chi connectivity index (χ3v) is 9.82. The van der Waals surface area contributed by atoms with Gasteiger partial charge in [-0.3, -0.25) is 0 Å². The van der Waals surface area contributed by atoms with Gasteiger partial charge in [0.1, 0.15) is 4.75 Å². The summed E-state index contributed by atoms with van der Waals surface area (Å²) in [4.78, 5) is 0.434. The zero-order valence-corrected chi connectivity index (χ0v) is 18.0. The predicted octanol–water partition coefficient (Wildman–Crippen LogP) is 6.35. The number of benzene rings is 3. The van der Waals surface area contributed by atoms with Gasteiger partial charge in [-0.25, -0.2) is 8.42 Å². The number of sulfone groups is 1. The molecule has 0 saturated heterocycles. The SMILES string of the molecule is O=S(=O)(c1ccccc1)[C@@]1(c2ccccc2)[C@@H](CC2CCCC2)[C@@H]1c1ccccc1. The molecule has 0 aromatic heterocycles. The molecule has 3 heteroatoms. The fraction of sp³-hybridized carbons (Fsp3) is 0.333. The molecule has 0 aliphatic heterocycles. The molecule has 2 aliphatic rings. The van der Waals surface area contributed by atoms with Crippen molar-refractivity contribution >= 4 is 9.84 Å². The summed E-state index contributed by atoms with van der Waals surface area (Å²) in [6.07, 6.45) is 6.00. The lowest BCUT2D eigenvalue weighted by atomic mass is 9.97. The second kappa shape index (κ2) is 7.70. The molecular weight excluding hydrogens is 388 g/mol. The number of hydrogen-bond donors (Lipinski definition) is 0. The molecular formula is C27H28O2S. The maximum absolute atomic E-state index is 14.3. The van der Waals surface area contributed by atoms with Crippen molar-refractivity contribution in [1.29, 1.82) is 0 Å². The standard InChI is InChI=1S/C27H28O2S/c28-30(29,24-18-8-3-9-19-24)27(23-16-6-2-7-17-23)25(20-21-12-10-11-13-21)26(27)22-14-4-1-5-15-22/h1-9,14-19,21,25-26H,10-13,20H2/t25-,26-,27-/m0/s1. The average Bonchev–Trinajstić information content (AvgIpc) is 3.18. The zero-order valence-electron chi connectivity index (χ0n) is 17.2. The van der Waals surface area contributed by atoms with Gasteiger partial charge in [0.15, 0.2) is 9.84 Å². The van der Waals surface area contributed by atoms with Crippen LogP contribution in [0.2, 0.25) is 0 Å². The highest BCUT2D eigenvalue weighted by molar-refractivity contribution is 7.92. The summed E-state index contributed by atoms with van der Waals surface area (Å²) in [5, 5.41) is 0. The molecule has 2 fully saturated rings. The molecule has 2 nitrogen and oxygen atoms in total. The van der Waals surface area contributed by atoms with E-state index in [9.17, 15) is 8.42 Å². The van der Waals surface area contributed by atoms with E-state index < -0.39 is 14.6 Å². The minimum atomic E-state index is -3.57.